The number of hydrogen-bond acceptors (Lipinski definition) is 6. The molecule has 0 radical (unpaired) electrons. The van der Waals surface area contributed by atoms with Crippen molar-refractivity contribution in [1.82, 2.24) is 14.8 Å². The summed E-state index contributed by atoms with van der Waals surface area (Å²) < 4.78 is 6.76. The van der Waals surface area contributed by atoms with Crippen LogP contribution in [0.2, 0.25) is 0 Å². The number of methoxy groups -OCH3 is 1. The molecule has 128 valence electrons. The van der Waals surface area contributed by atoms with Crippen molar-refractivity contribution in [2.75, 3.05) is 12.4 Å². The van der Waals surface area contributed by atoms with Gasteiger partial charge in [0.25, 0.3) is 0 Å². The van der Waals surface area contributed by atoms with Gasteiger partial charge in [0.2, 0.25) is 5.91 Å². The number of hydrogen-bond donors (Lipinski definition) is 1. The first kappa shape index (κ1) is 16.6. The molecule has 2 aromatic rings. The third kappa shape index (κ3) is 2.60. The van der Waals surface area contributed by atoms with Crippen LogP contribution in [-0.2, 0) is 16.0 Å². The molecule has 0 saturated heterocycles. The van der Waals surface area contributed by atoms with E-state index in [1.54, 1.807) is 0 Å². The first-order valence-electron chi connectivity index (χ1n) is 7.81. The van der Waals surface area contributed by atoms with Crippen LogP contribution >= 0.6 is 11.3 Å². The molecule has 7 nitrogen and oxygen atoms in total. The van der Waals surface area contributed by atoms with E-state index >= 15 is 0 Å². The van der Waals surface area contributed by atoms with Crippen LogP contribution < -0.4 is 5.32 Å². The van der Waals surface area contributed by atoms with Gasteiger partial charge in [-0.15, -0.1) is 0 Å². The molecule has 1 aliphatic rings. The van der Waals surface area contributed by atoms with Crippen LogP contribution in [0.3, 0.4) is 0 Å². The lowest BCUT2D eigenvalue weighted by molar-refractivity contribution is -0.114. The van der Waals surface area contributed by atoms with E-state index in [0.29, 0.717) is 17.2 Å². The van der Waals surface area contributed by atoms with Crippen LogP contribution in [-0.4, -0.2) is 33.8 Å². The van der Waals surface area contributed by atoms with Gasteiger partial charge < -0.3 is 10.1 Å². The number of anilines is 1. The maximum atomic E-state index is 12.2. The van der Waals surface area contributed by atoms with Crippen molar-refractivity contribution >= 4 is 28.3 Å². The van der Waals surface area contributed by atoms with E-state index in [4.69, 9.17) is 4.74 Å². The van der Waals surface area contributed by atoms with Crippen molar-refractivity contribution in [3.63, 3.8) is 0 Å². The molecule has 3 rings (SSSR count). The molecule has 0 spiro atoms. The fourth-order valence-corrected chi connectivity index (χ4v) is 4.12. The molecule has 0 fully saturated rings. The average molecular weight is 348 g/mol. The fourth-order valence-electron chi connectivity index (χ4n) is 3.03. The molecule has 0 aliphatic heterocycles. The molecule has 1 amide bonds. The summed E-state index contributed by atoms with van der Waals surface area (Å²) >= 11 is 1.42. The highest BCUT2D eigenvalue weighted by atomic mass is 32.1. The number of nitrogens with zero attached hydrogens (tertiary/aromatic N) is 3. The highest BCUT2D eigenvalue weighted by Crippen LogP contribution is 2.46. The van der Waals surface area contributed by atoms with Crippen LogP contribution in [0.1, 0.15) is 61.4 Å². The standard InChI is InChI=1S/C16H20N4O3S/c1-7(2)20-13-11(12(19-20)15(22)23-5)8(3)6-10-14(13)24-16(18-10)17-9(4)21/h7-8H,6H2,1-5H3,(H,17,18,21). The van der Waals surface area contributed by atoms with Crippen molar-refractivity contribution in [2.45, 2.75) is 46.1 Å². The second-order valence-corrected chi connectivity index (χ2v) is 7.22. The number of carbonyl (C=O) groups excluding carboxylic acids is 2. The molecule has 1 aliphatic carbocycles. The molecule has 2 heterocycles. The first-order valence-corrected chi connectivity index (χ1v) is 8.63. The summed E-state index contributed by atoms with van der Waals surface area (Å²) in [4.78, 5) is 29.0. The predicted octanol–water partition coefficient (Wildman–Crippen LogP) is 2.99. The Morgan fingerprint density at radius 3 is 2.71 bits per heavy atom. The van der Waals surface area contributed by atoms with E-state index in [1.807, 2.05) is 18.5 Å². The summed E-state index contributed by atoms with van der Waals surface area (Å²) in [5.74, 6) is -0.476. The van der Waals surface area contributed by atoms with Crippen LogP contribution in [0.15, 0.2) is 0 Å². The number of aromatic nitrogens is 3. The number of nitrogens with one attached hydrogen (secondary N) is 1. The van der Waals surface area contributed by atoms with E-state index in [-0.39, 0.29) is 17.9 Å². The van der Waals surface area contributed by atoms with Gasteiger partial charge >= 0.3 is 5.97 Å². The van der Waals surface area contributed by atoms with Crippen molar-refractivity contribution in [1.29, 1.82) is 0 Å². The lowest BCUT2D eigenvalue weighted by Crippen LogP contribution is -2.13. The van der Waals surface area contributed by atoms with Crippen molar-refractivity contribution in [3.05, 3.63) is 17.0 Å². The summed E-state index contributed by atoms with van der Waals surface area (Å²) in [5, 5.41) is 7.83. The normalized spacial score (nSPS) is 15.8. The van der Waals surface area contributed by atoms with Crippen molar-refractivity contribution in [3.8, 4) is 10.6 Å². The quantitative estimate of drug-likeness (QED) is 0.862. The number of thiazole rings is 1. The molecule has 1 N–H and O–H groups in total. The highest BCUT2D eigenvalue weighted by molar-refractivity contribution is 7.19. The Labute approximate surface area is 144 Å². The van der Waals surface area contributed by atoms with Gasteiger partial charge in [0.15, 0.2) is 10.8 Å². The molecule has 1 unspecified atom stereocenters. The largest absolute Gasteiger partial charge is 0.464 e. The fraction of sp³-hybridized carbons (Fsp3) is 0.500. The minimum absolute atomic E-state index is 0.0848. The zero-order valence-corrected chi connectivity index (χ0v) is 15.2. The van der Waals surface area contributed by atoms with Crippen LogP contribution in [0.4, 0.5) is 5.13 Å². The second kappa shape index (κ2) is 6.01. The molecule has 0 saturated carbocycles. The van der Waals surface area contributed by atoms with Gasteiger partial charge in [-0.25, -0.2) is 9.78 Å². The van der Waals surface area contributed by atoms with Gasteiger partial charge in [-0.3, -0.25) is 9.48 Å². The lowest BCUT2D eigenvalue weighted by Gasteiger charge is -2.20. The zero-order valence-electron chi connectivity index (χ0n) is 14.3. The smallest absolute Gasteiger partial charge is 0.358 e. The first-order chi connectivity index (χ1) is 11.3. The Kier molecular flexibility index (Phi) is 4.16. The molecule has 2 aromatic heterocycles. The Balaban J connectivity index is 2.22. The van der Waals surface area contributed by atoms with Crippen molar-refractivity contribution < 1.29 is 14.3 Å². The predicted molar refractivity (Wildman–Crippen MR) is 91.5 cm³/mol. The number of rotatable bonds is 3. The number of esters is 1. The third-order valence-electron chi connectivity index (χ3n) is 4.00. The van der Waals surface area contributed by atoms with E-state index < -0.39 is 5.97 Å². The summed E-state index contributed by atoms with van der Waals surface area (Å²) in [5.41, 5.74) is 3.12. The monoisotopic (exact) mass is 348 g/mol. The maximum Gasteiger partial charge on any atom is 0.358 e. The maximum absolute atomic E-state index is 12.2. The average Bonchev–Trinajstić information content (AvgIpc) is 3.07. The van der Waals surface area contributed by atoms with Gasteiger partial charge in [0.05, 0.1) is 23.4 Å². The van der Waals surface area contributed by atoms with Crippen molar-refractivity contribution in [2.24, 2.45) is 0 Å². The summed E-state index contributed by atoms with van der Waals surface area (Å²) in [6.45, 7) is 7.55. The van der Waals surface area contributed by atoms with Gasteiger partial charge in [0, 0.05) is 18.5 Å². The van der Waals surface area contributed by atoms with E-state index in [1.165, 1.54) is 25.4 Å². The number of fused-ring (bicyclic) bond motifs is 3. The molecule has 0 aromatic carbocycles. The minimum atomic E-state index is -0.424. The Bertz CT molecular complexity index is 822. The Hall–Kier alpha value is -2.22. The minimum Gasteiger partial charge on any atom is -0.464 e. The topological polar surface area (TPSA) is 86.1 Å². The summed E-state index contributed by atoms with van der Waals surface area (Å²) in [6.07, 6.45) is 0.701. The number of amides is 1. The molecular formula is C16H20N4O3S. The van der Waals surface area contributed by atoms with E-state index in [2.05, 4.69) is 22.3 Å². The Morgan fingerprint density at radius 2 is 2.12 bits per heavy atom. The van der Waals surface area contributed by atoms with E-state index in [9.17, 15) is 9.59 Å². The van der Waals surface area contributed by atoms with Gasteiger partial charge in [-0.2, -0.15) is 5.10 Å². The van der Waals surface area contributed by atoms with Crippen LogP contribution in [0, 0.1) is 0 Å². The molecular weight excluding hydrogens is 328 g/mol. The van der Waals surface area contributed by atoms with E-state index in [0.717, 1.165) is 21.8 Å². The number of ether oxygens (including phenoxy) is 1. The van der Waals surface area contributed by atoms with Gasteiger partial charge in [-0.1, -0.05) is 18.3 Å². The van der Waals surface area contributed by atoms with Crippen LogP contribution in [0.25, 0.3) is 10.6 Å². The molecule has 0 bridgehead atoms. The third-order valence-corrected chi connectivity index (χ3v) is 5.02. The van der Waals surface area contributed by atoms with Crippen LogP contribution in [0.5, 0.6) is 0 Å². The second-order valence-electron chi connectivity index (χ2n) is 6.22. The van der Waals surface area contributed by atoms with Gasteiger partial charge in [-0.05, 0) is 26.2 Å². The molecule has 1 atom stereocenters. The Morgan fingerprint density at radius 1 is 1.42 bits per heavy atom. The SMILES string of the molecule is COC(=O)c1nn(C(C)C)c2c1C(C)Cc1nc(NC(C)=O)sc1-2. The number of carbonyl (C=O) groups is 2. The molecule has 8 heteroatoms. The lowest BCUT2D eigenvalue weighted by atomic mass is 9.88. The van der Waals surface area contributed by atoms with Gasteiger partial charge in [0.1, 0.15) is 0 Å². The summed E-state index contributed by atoms with van der Waals surface area (Å²) in [6, 6.07) is 0.0848. The highest BCUT2D eigenvalue weighted by Gasteiger charge is 2.35. The zero-order chi connectivity index (χ0) is 17.6. The molecule has 24 heavy (non-hydrogen) atoms. The summed E-state index contributed by atoms with van der Waals surface area (Å²) in [7, 11) is 1.36.